The van der Waals surface area contributed by atoms with E-state index in [2.05, 4.69) is 35.7 Å². The van der Waals surface area contributed by atoms with Crippen molar-refractivity contribution in [1.82, 2.24) is 25.3 Å². The molecular formula is C23H19F2N7O2S. The van der Waals surface area contributed by atoms with Gasteiger partial charge in [-0.1, -0.05) is 43.3 Å². The van der Waals surface area contributed by atoms with Crippen LogP contribution in [-0.2, 0) is 16.6 Å². The zero-order valence-electron chi connectivity index (χ0n) is 18.3. The first kappa shape index (κ1) is 22.6. The summed E-state index contributed by atoms with van der Waals surface area (Å²) in [6.07, 6.45) is 0. The normalized spacial score (nSPS) is 16.3. The standard InChI is InChI=1S/C23H19F2N7O2S/c1-13(16-7-2-3-8-17(16)24)20-18(25)9-10-19-21(20)27-23(30-35(19,33)34)26-12-14-5-4-6-15(11-14)22-28-31-32-29-22/h2-11,13H,12H2,1H3,(H2,26,27,30)(H,28,29,31,32). The number of H-pyrrole nitrogens is 1. The second-order valence-corrected chi connectivity index (χ2v) is 9.56. The van der Waals surface area contributed by atoms with Crippen LogP contribution in [-0.4, -0.2) is 35.0 Å². The van der Waals surface area contributed by atoms with Gasteiger partial charge in [0.05, 0.1) is 12.2 Å². The molecule has 9 nitrogen and oxygen atoms in total. The Balaban J connectivity index is 1.50. The van der Waals surface area contributed by atoms with E-state index < -0.39 is 27.6 Å². The van der Waals surface area contributed by atoms with Gasteiger partial charge in [-0.2, -0.15) is 5.21 Å². The third-order valence-electron chi connectivity index (χ3n) is 5.67. The number of halogens is 2. The van der Waals surface area contributed by atoms with Crippen LogP contribution in [0.5, 0.6) is 0 Å². The summed E-state index contributed by atoms with van der Waals surface area (Å²) in [5, 5.41) is 16.7. The van der Waals surface area contributed by atoms with Gasteiger partial charge in [-0.05, 0) is 40.6 Å². The first-order chi connectivity index (χ1) is 16.8. The van der Waals surface area contributed by atoms with Crippen LogP contribution < -0.4 is 10.0 Å². The maximum atomic E-state index is 15.0. The highest BCUT2D eigenvalue weighted by molar-refractivity contribution is 7.90. The SMILES string of the molecule is CC(c1ccccc1F)c1c(F)ccc2c1NC(=NCc1cccc(-c3nn[nH]n3)c1)NS2(=O)=O. The van der Waals surface area contributed by atoms with Crippen molar-refractivity contribution in [3.63, 3.8) is 0 Å². The molecule has 0 bridgehead atoms. The van der Waals surface area contributed by atoms with Crippen molar-refractivity contribution in [2.45, 2.75) is 24.3 Å². The zero-order valence-corrected chi connectivity index (χ0v) is 19.1. The van der Waals surface area contributed by atoms with Gasteiger partial charge in [-0.25, -0.2) is 26.9 Å². The van der Waals surface area contributed by atoms with Crippen LogP contribution in [0.1, 0.15) is 29.5 Å². The van der Waals surface area contributed by atoms with Crippen molar-refractivity contribution in [3.8, 4) is 11.4 Å². The molecule has 178 valence electrons. The largest absolute Gasteiger partial charge is 0.324 e. The lowest BCUT2D eigenvalue weighted by molar-refractivity contribution is 0.577. The molecule has 1 aromatic heterocycles. The fraction of sp³-hybridized carbons (Fsp3) is 0.130. The third kappa shape index (κ3) is 4.35. The highest BCUT2D eigenvalue weighted by Crippen LogP contribution is 2.38. The van der Waals surface area contributed by atoms with E-state index in [0.29, 0.717) is 11.4 Å². The number of benzene rings is 3. The number of nitrogens with one attached hydrogen (secondary N) is 3. The molecule has 4 aromatic rings. The van der Waals surface area contributed by atoms with Gasteiger partial charge < -0.3 is 5.32 Å². The molecule has 0 fully saturated rings. The summed E-state index contributed by atoms with van der Waals surface area (Å²) in [5.74, 6) is -1.59. The summed E-state index contributed by atoms with van der Waals surface area (Å²) < 4.78 is 57.7. The molecule has 1 unspecified atom stereocenters. The van der Waals surface area contributed by atoms with E-state index >= 15 is 4.39 Å². The van der Waals surface area contributed by atoms with Gasteiger partial charge in [0.2, 0.25) is 11.8 Å². The van der Waals surface area contributed by atoms with Crippen LogP contribution in [0.2, 0.25) is 0 Å². The Kier molecular flexibility index (Phi) is 5.73. The Labute approximate surface area is 199 Å². The van der Waals surface area contributed by atoms with Gasteiger partial charge in [0.15, 0.2) is 0 Å². The number of hydrogen-bond donors (Lipinski definition) is 3. The topological polar surface area (TPSA) is 125 Å². The van der Waals surface area contributed by atoms with Crippen LogP contribution >= 0.6 is 0 Å². The number of nitrogens with zero attached hydrogens (tertiary/aromatic N) is 4. The van der Waals surface area contributed by atoms with Gasteiger partial charge in [-0.15, -0.1) is 10.2 Å². The Hall–Kier alpha value is -4.19. The average Bonchev–Trinajstić information content (AvgIpc) is 3.37. The number of aromatic nitrogens is 4. The first-order valence-electron chi connectivity index (χ1n) is 10.6. The molecular weight excluding hydrogens is 476 g/mol. The number of guanidine groups is 1. The van der Waals surface area contributed by atoms with E-state index in [1.54, 1.807) is 37.3 Å². The summed E-state index contributed by atoms with van der Waals surface area (Å²) in [4.78, 5) is 4.20. The van der Waals surface area contributed by atoms with Crippen LogP contribution in [0.15, 0.2) is 70.6 Å². The molecule has 3 N–H and O–H groups in total. The summed E-state index contributed by atoms with van der Waals surface area (Å²) in [6.45, 7) is 1.73. The fourth-order valence-electron chi connectivity index (χ4n) is 3.99. The van der Waals surface area contributed by atoms with Gasteiger partial charge in [0.25, 0.3) is 10.0 Å². The maximum absolute atomic E-state index is 15.0. The molecule has 1 atom stereocenters. The number of tetrazole rings is 1. The van der Waals surface area contributed by atoms with Crippen molar-refractivity contribution >= 4 is 21.7 Å². The molecule has 0 radical (unpaired) electrons. The highest BCUT2D eigenvalue weighted by atomic mass is 32.2. The molecule has 0 saturated heterocycles. The minimum absolute atomic E-state index is 0.0267. The molecule has 35 heavy (non-hydrogen) atoms. The summed E-state index contributed by atoms with van der Waals surface area (Å²) in [5.41, 5.74) is 1.77. The summed E-state index contributed by atoms with van der Waals surface area (Å²) in [6, 6.07) is 15.4. The van der Waals surface area contributed by atoms with Crippen LogP contribution in [0, 0.1) is 11.6 Å². The van der Waals surface area contributed by atoms with Crippen molar-refractivity contribution in [2.24, 2.45) is 4.99 Å². The molecule has 0 spiro atoms. The van der Waals surface area contributed by atoms with E-state index in [1.807, 2.05) is 6.07 Å². The van der Waals surface area contributed by atoms with Gasteiger partial charge in [-0.3, -0.25) is 0 Å². The number of aromatic amines is 1. The van der Waals surface area contributed by atoms with E-state index in [4.69, 9.17) is 0 Å². The van der Waals surface area contributed by atoms with Crippen molar-refractivity contribution in [1.29, 1.82) is 0 Å². The van der Waals surface area contributed by atoms with Gasteiger partial charge in [0.1, 0.15) is 16.5 Å². The smallest absolute Gasteiger partial charge is 0.266 e. The lowest BCUT2D eigenvalue weighted by atomic mass is 9.91. The Morgan fingerprint density at radius 1 is 1.03 bits per heavy atom. The third-order valence-corrected chi connectivity index (χ3v) is 7.05. The van der Waals surface area contributed by atoms with E-state index in [0.717, 1.165) is 11.6 Å². The number of hydrogen-bond acceptors (Lipinski definition) is 6. The maximum Gasteiger partial charge on any atom is 0.266 e. The molecule has 0 saturated carbocycles. The molecule has 2 heterocycles. The minimum atomic E-state index is -4.04. The van der Waals surface area contributed by atoms with Crippen LogP contribution in [0.25, 0.3) is 11.4 Å². The first-order valence-corrected chi connectivity index (χ1v) is 12.1. The van der Waals surface area contributed by atoms with E-state index in [9.17, 15) is 12.8 Å². The lowest BCUT2D eigenvalue weighted by Gasteiger charge is -2.26. The minimum Gasteiger partial charge on any atom is -0.324 e. The zero-order chi connectivity index (χ0) is 24.6. The lowest BCUT2D eigenvalue weighted by Crippen LogP contribution is -2.41. The van der Waals surface area contributed by atoms with Crippen molar-refractivity contribution < 1.29 is 17.2 Å². The molecule has 5 rings (SSSR count). The monoisotopic (exact) mass is 495 g/mol. The van der Waals surface area contributed by atoms with E-state index in [1.165, 1.54) is 18.2 Å². The number of rotatable bonds is 5. The fourth-order valence-corrected chi connectivity index (χ4v) is 5.15. The molecule has 0 aliphatic carbocycles. The molecule has 3 aromatic carbocycles. The number of anilines is 1. The van der Waals surface area contributed by atoms with Crippen LogP contribution in [0.3, 0.4) is 0 Å². The van der Waals surface area contributed by atoms with Crippen LogP contribution in [0.4, 0.5) is 14.5 Å². The predicted molar refractivity (Wildman–Crippen MR) is 125 cm³/mol. The highest BCUT2D eigenvalue weighted by Gasteiger charge is 2.32. The molecule has 1 aliphatic rings. The van der Waals surface area contributed by atoms with Gasteiger partial charge in [0, 0.05) is 17.0 Å². The van der Waals surface area contributed by atoms with Crippen molar-refractivity contribution in [3.05, 3.63) is 89.0 Å². The molecule has 0 amide bonds. The quantitative estimate of drug-likeness (QED) is 0.389. The summed E-state index contributed by atoms with van der Waals surface area (Å²) in [7, 11) is -4.04. The van der Waals surface area contributed by atoms with E-state index in [-0.39, 0.29) is 34.2 Å². The Morgan fingerprint density at radius 3 is 2.63 bits per heavy atom. The second-order valence-electron chi connectivity index (χ2n) is 7.91. The number of fused-ring (bicyclic) bond motifs is 1. The Morgan fingerprint density at radius 2 is 1.86 bits per heavy atom. The Bertz CT molecular complexity index is 1540. The van der Waals surface area contributed by atoms with Crippen molar-refractivity contribution in [2.75, 3.05) is 5.32 Å². The number of aliphatic imine (C=N–C) groups is 1. The predicted octanol–water partition coefficient (Wildman–Crippen LogP) is 3.56. The van der Waals surface area contributed by atoms with Gasteiger partial charge >= 0.3 is 0 Å². The summed E-state index contributed by atoms with van der Waals surface area (Å²) >= 11 is 0. The number of sulfonamides is 1. The molecule has 1 aliphatic heterocycles. The second kappa shape index (κ2) is 8.87. The molecule has 12 heteroatoms. The average molecular weight is 496 g/mol.